The Hall–Kier alpha value is 0.780. The maximum atomic E-state index is 4.33. The summed E-state index contributed by atoms with van der Waals surface area (Å²) in [6.07, 6.45) is 0. The van der Waals surface area contributed by atoms with Gasteiger partial charge in [-0.25, -0.2) is 0 Å². The van der Waals surface area contributed by atoms with Crippen LogP contribution in [-0.2, 0) is 0 Å². The van der Waals surface area contributed by atoms with Gasteiger partial charge in [-0.1, -0.05) is 6.07 Å². The summed E-state index contributed by atoms with van der Waals surface area (Å²) >= 11 is 10.0. The fourth-order valence-electron chi connectivity index (χ4n) is 0.642. The maximum absolute atomic E-state index is 4.33. The summed E-state index contributed by atoms with van der Waals surface area (Å²) in [7, 11) is 0. The predicted molar refractivity (Wildman–Crippen MR) is 58.8 cm³/mol. The second kappa shape index (κ2) is 3.45. The lowest BCUT2D eigenvalue weighted by Crippen LogP contribution is -1.82. The van der Waals surface area contributed by atoms with Gasteiger partial charge < -0.3 is 0 Å². The smallest absolute Gasteiger partial charge is 0.0319 e. The van der Waals surface area contributed by atoms with Crippen molar-refractivity contribution in [3.8, 4) is 0 Å². The van der Waals surface area contributed by atoms with Gasteiger partial charge >= 0.3 is 0 Å². The monoisotopic (exact) mass is 328 g/mol. The number of aryl methyl sites for hydroxylation is 1. The molecule has 1 rings (SSSR count). The molecule has 0 spiro atoms. The summed E-state index contributed by atoms with van der Waals surface area (Å²) < 4.78 is 2.28. The third kappa shape index (κ3) is 1.68. The van der Waals surface area contributed by atoms with E-state index < -0.39 is 0 Å². The van der Waals surface area contributed by atoms with Crippen molar-refractivity contribution in [2.75, 3.05) is 0 Å². The molecule has 1 aromatic rings. The molecule has 3 heteroatoms. The zero-order valence-corrected chi connectivity index (χ0v) is 10.00. The Labute approximate surface area is 88.1 Å². The molecule has 0 nitrogen and oxygen atoms in total. The highest BCUT2D eigenvalue weighted by Crippen LogP contribution is 2.27. The van der Waals surface area contributed by atoms with E-state index in [1.165, 1.54) is 9.13 Å². The number of hydrogen-bond donors (Lipinski definition) is 1. The van der Waals surface area contributed by atoms with E-state index in [1.54, 1.807) is 0 Å². The molecule has 0 aliphatic carbocycles. The lowest BCUT2D eigenvalue weighted by atomic mass is 10.2. The highest BCUT2D eigenvalue weighted by Gasteiger charge is 2.01. The minimum Gasteiger partial charge on any atom is -0.141 e. The second-order valence-electron chi connectivity index (χ2n) is 2.03. The molecular formula is C7H6BrIS. The molecule has 1 aromatic carbocycles. The molecule has 0 fully saturated rings. The van der Waals surface area contributed by atoms with E-state index in [0.29, 0.717) is 0 Å². The summed E-state index contributed by atoms with van der Waals surface area (Å²) in [6.45, 7) is 2.08. The standard InChI is InChI=1S/C7H6BrIS/c1-4-2-3-5(8)7(10)6(4)9/h2-3,10H,1H3. The van der Waals surface area contributed by atoms with Crippen molar-refractivity contribution < 1.29 is 0 Å². The largest absolute Gasteiger partial charge is 0.141 e. The predicted octanol–water partition coefficient (Wildman–Crippen LogP) is 3.65. The minimum absolute atomic E-state index is 1.03. The van der Waals surface area contributed by atoms with Crippen LogP contribution in [0, 0.1) is 10.5 Å². The van der Waals surface area contributed by atoms with Gasteiger partial charge in [0, 0.05) is 12.9 Å². The Morgan fingerprint density at radius 1 is 1.50 bits per heavy atom. The normalized spacial score (nSPS) is 10.0. The van der Waals surface area contributed by atoms with Gasteiger partial charge in [0.1, 0.15) is 0 Å². The first-order valence-electron chi connectivity index (χ1n) is 2.76. The van der Waals surface area contributed by atoms with Crippen LogP contribution in [0.4, 0.5) is 0 Å². The van der Waals surface area contributed by atoms with Crippen LogP contribution in [0.15, 0.2) is 21.5 Å². The Bertz CT molecular complexity index is 233. The molecule has 0 atom stereocenters. The Kier molecular flexibility index (Phi) is 3.06. The van der Waals surface area contributed by atoms with Gasteiger partial charge in [0.15, 0.2) is 0 Å². The van der Waals surface area contributed by atoms with E-state index in [4.69, 9.17) is 0 Å². The number of rotatable bonds is 0. The molecule has 0 aromatic heterocycles. The van der Waals surface area contributed by atoms with Crippen molar-refractivity contribution in [2.45, 2.75) is 11.8 Å². The van der Waals surface area contributed by atoms with E-state index in [9.17, 15) is 0 Å². The molecular weight excluding hydrogens is 323 g/mol. The van der Waals surface area contributed by atoms with Gasteiger partial charge in [0.25, 0.3) is 0 Å². The van der Waals surface area contributed by atoms with Crippen LogP contribution in [0.3, 0.4) is 0 Å². The number of halogens is 2. The number of hydrogen-bond acceptors (Lipinski definition) is 1. The minimum atomic E-state index is 1.03. The van der Waals surface area contributed by atoms with Crippen LogP contribution < -0.4 is 0 Å². The van der Waals surface area contributed by atoms with E-state index in [1.807, 2.05) is 6.07 Å². The van der Waals surface area contributed by atoms with Crippen molar-refractivity contribution in [2.24, 2.45) is 0 Å². The molecule has 0 unspecified atom stereocenters. The molecule has 0 amide bonds. The van der Waals surface area contributed by atoms with Crippen LogP contribution in [0.1, 0.15) is 5.56 Å². The van der Waals surface area contributed by atoms with Gasteiger partial charge in [-0.2, -0.15) is 0 Å². The SMILES string of the molecule is Cc1ccc(Br)c(S)c1I. The fourth-order valence-corrected chi connectivity index (χ4v) is 2.06. The zero-order valence-electron chi connectivity index (χ0n) is 5.36. The zero-order chi connectivity index (χ0) is 7.72. The van der Waals surface area contributed by atoms with Gasteiger partial charge in [0.05, 0.1) is 0 Å². The average Bonchev–Trinajstić information content (AvgIpc) is 1.93. The van der Waals surface area contributed by atoms with Crippen molar-refractivity contribution in [3.05, 3.63) is 25.7 Å². The van der Waals surface area contributed by atoms with Crippen LogP contribution in [-0.4, -0.2) is 0 Å². The summed E-state index contributed by atoms with van der Waals surface area (Å²) in [4.78, 5) is 1.03. The average molecular weight is 329 g/mol. The highest BCUT2D eigenvalue weighted by molar-refractivity contribution is 14.1. The molecule has 0 aliphatic rings. The van der Waals surface area contributed by atoms with Crippen molar-refractivity contribution in [3.63, 3.8) is 0 Å². The molecule has 54 valence electrons. The lowest BCUT2D eigenvalue weighted by molar-refractivity contribution is 1.28. The molecule has 10 heavy (non-hydrogen) atoms. The molecule has 0 aliphatic heterocycles. The first-order valence-corrected chi connectivity index (χ1v) is 5.08. The third-order valence-electron chi connectivity index (χ3n) is 1.26. The summed E-state index contributed by atoms with van der Waals surface area (Å²) in [5.41, 5.74) is 1.27. The van der Waals surface area contributed by atoms with E-state index >= 15 is 0 Å². The molecule has 0 N–H and O–H groups in total. The quantitative estimate of drug-likeness (QED) is 0.545. The van der Waals surface area contributed by atoms with Crippen LogP contribution in [0.2, 0.25) is 0 Å². The van der Waals surface area contributed by atoms with Crippen LogP contribution in [0.5, 0.6) is 0 Å². The Balaban J connectivity index is 3.34. The summed E-state index contributed by atoms with van der Waals surface area (Å²) in [6, 6.07) is 4.09. The molecule has 0 radical (unpaired) electrons. The van der Waals surface area contributed by atoms with E-state index in [0.717, 1.165) is 9.37 Å². The van der Waals surface area contributed by atoms with Crippen molar-refractivity contribution in [1.82, 2.24) is 0 Å². The summed E-state index contributed by atoms with van der Waals surface area (Å²) in [5, 5.41) is 0. The number of benzene rings is 1. The first-order chi connectivity index (χ1) is 4.63. The Morgan fingerprint density at radius 3 is 2.60 bits per heavy atom. The Morgan fingerprint density at radius 2 is 2.10 bits per heavy atom. The lowest BCUT2D eigenvalue weighted by Gasteiger charge is -2.02. The van der Waals surface area contributed by atoms with Gasteiger partial charge in [-0.15, -0.1) is 12.6 Å². The molecule has 0 saturated carbocycles. The summed E-state index contributed by atoms with van der Waals surface area (Å²) in [5.74, 6) is 0. The number of thiol groups is 1. The molecule has 0 bridgehead atoms. The van der Waals surface area contributed by atoms with Crippen molar-refractivity contribution >= 4 is 51.1 Å². The van der Waals surface area contributed by atoms with Gasteiger partial charge in [0.2, 0.25) is 0 Å². The van der Waals surface area contributed by atoms with Crippen LogP contribution in [0.25, 0.3) is 0 Å². The third-order valence-corrected chi connectivity index (χ3v) is 4.51. The van der Waals surface area contributed by atoms with E-state index in [2.05, 4.69) is 64.1 Å². The molecule has 0 saturated heterocycles. The van der Waals surface area contributed by atoms with E-state index in [-0.39, 0.29) is 0 Å². The maximum Gasteiger partial charge on any atom is 0.0319 e. The second-order valence-corrected chi connectivity index (χ2v) is 4.41. The fraction of sp³-hybridized carbons (Fsp3) is 0.143. The van der Waals surface area contributed by atoms with Gasteiger partial charge in [-0.05, 0) is 57.1 Å². The van der Waals surface area contributed by atoms with Gasteiger partial charge in [-0.3, -0.25) is 0 Å². The first kappa shape index (κ1) is 8.87. The van der Waals surface area contributed by atoms with Crippen molar-refractivity contribution in [1.29, 1.82) is 0 Å². The highest BCUT2D eigenvalue weighted by atomic mass is 127. The topological polar surface area (TPSA) is 0 Å². The van der Waals surface area contributed by atoms with Crippen LogP contribution >= 0.6 is 51.1 Å². The molecule has 0 heterocycles.